The lowest BCUT2D eigenvalue weighted by Gasteiger charge is -2.09. The summed E-state index contributed by atoms with van der Waals surface area (Å²) in [6, 6.07) is 14.1. The summed E-state index contributed by atoms with van der Waals surface area (Å²) in [4.78, 5) is 22.2. The lowest BCUT2D eigenvalue weighted by atomic mass is 10.1. The normalized spacial score (nSPS) is 10.1. The van der Waals surface area contributed by atoms with E-state index in [4.69, 9.17) is 9.84 Å². The minimum atomic E-state index is -0.970. The second-order valence-corrected chi connectivity index (χ2v) is 4.97. The van der Waals surface area contributed by atoms with Crippen LogP contribution in [0.1, 0.15) is 27.9 Å². The van der Waals surface area contributed by atoms with E-state index in [0.717, 1.165) is 5.56 Å². The number of ether oxygens (including phenoxy) is 2. The maximum Gasteiger partial charge on any atom is 0.336 e. The smallest absolute Gasteiger partial charge is 0.336 e. The van der Waals surface area contributed by atoms with Crippen LogP contribution in [0.25, 0.3) is 0 Å². The zero-order valence-corrected chi connectivity index (χ0v) is 12.8. The molecule has 0 amide bonds. The highest BCUT2D eigenvalue weighted by Gasteiger charge is 2.09. The molecule has 0 atom stereocenters. The zero-order chi connectivity index (χ0) is 16.7. The Balaban J connectivity index is 1.94. The average Bonchev–Trinajstić information content (AvgIpc) is 2.58. The molecule has 0 fully saturated rings. The molecule has 0 heterocycles. The molecule has 0 saturated carbocycles. The molecule has 2 aromatic rings. The number of hydrogen-bond donors (Lipinski definition) is 1. The largest absolute Gasteiger partial charge is 0.489 e. The van der Waals surface area contributed by atoms with Crippen LogP contribution in [0.4, 0.5) is 0 Å². The average molecular weight is 314 g/mol. The van der Waals surface area contributed by atoms with Gasteiger partial charge in [-0.1, -0.05) is 30.3 Å². The van der Waals surface area contributed by atoms with Gasteiger partial charge in [0.1, 0.15) is 12.4 Å². The van der Waals surface area contributed by atoms with Crippen LogP contribution < -0.4 is 4.74 Å². The Morgan fingerprint density at radius 1 is 1.04 bits per heavy atom. The van der Waals surface area contributed by atoms with Crippen molar-refractivity contribution in [1.82, 2.24) is 0 Å². The Labute approximate surface area is 134 Å². The van der Waals surface area contributed by atoms with Crippen LogP contribution in [-0.4, -0.2) is 24.2 Å². The van der Waals surface area contributed by atoms with E-state index >= 15 is 0 Å². The van der Waals surface area contributed by atoms with E-state index in [-0.39, 0.29) is 18.1 Å². The number of carbonyl (C=O) groups is 2. The maximum atomic E-state index is 11.1. The van der Waals surface area contributed by atoms with E-state index < -0.39 is 5.97 Å². The number of hydrogen-bond acceptors (Lipinski definition) is 4. The second kappa shape index (κ2) is 7.98. The highest BCUT2D eigenvalue weighted by Crippen LogP contribution is 2.17. The Kier molecular flexibility index (Phi) is 5.74. The molecule has 0 spiro atoms. The first-order valence-corrected chi connectivity index (χ1v) is 7.20. The predicted octanol–water partition coefficient (Wildman–Crippen LogP) is 3.07. The molecule has 2 aromatic carbocycles. The summed E-state index contributed by atoms with van der Waals surface area (Å²) in [6.07, 6.45) is 0.942. The van der Waals surface area contributed by atoms with Gasteiger partial charge in [0.05, 0.1) is 12.7 Å². The topological polar surface area (TPSA) is 72.8 Å². The van der Waals surface area contributed by atoms with Gasteiger partial charge >= 0.3 is 11.9 Å². The van der Waals surface area contributed by atoms with E-state index in [1.54, 1.807) is 36.4 Å². The van der Waals surface area contributed by atoms with Crippen LogP contribution in [0, 0.1) is 0 Å². The number of carbonyl (C=O) groups excluding carboxylic acids is 1. The molecule has 0 saturated heterocycles. The van der Waals surface area contributed by atoms with Gasteiger partial charge in [0.25, 0.3) is 0 Å². The number of aromatic carboxylic acids is 1. The molecule has 0 aromatic heterocycles. The van der Waals surface area contributed by atoms with Crippen molar-refractivity contribution in [2.45, 2.75) is 19.4 Å². The number of carboxylic acid groups (broad SMARTS) is 1. The van der Waals surface area contributed by atoms with Crippen molar-refractivity contribution < 1.29 is 24.2 Å². The number of esters is 1. The van der Waals surface area contributed by atoms with Crippen LogP contribution in [-0.2, 0) is 22.6 Å². The van der Waals surface area contributed by atoms with Gasteiger partial charge in [-0.25, -0.2) is 4.79 Å². The van der Waals surface area contributed by atoms with Crippen LogP contribution in [0.2, 0.25) is 0 Å². The second-order valence-electron chi connectivity index (χ2n) is 4.97. The Morgan fingerprint density at radius 3 is 2.39 bits per heavy atom. The van der Waals surface area contributed by atoms with Crippen molar-refractivity contribution in [3.8, 4) is 5.75 Å². The third-order valence-corrected chi connectivity index (χ3v) is 3.41. The Bertz CT molecular complexity index is 676. The quantitative estimate of drug-likeness (QED) is 0.795. The Morgan fingerprint density at radius 2 is 1.74 bits per heavy atom. The van der Waals surface area contributed by atoms with Crippen LogP contribution in [0.15, 0.2) is 48.5 Å². The minimum Gasteiger partial charge on any atom is -0.489 e. The first-order chi connectivity index (χ1) is 11.1. The van der Waals surface area contributed by atoms with Gasteiger partial charge in [0.2, 0.25) is 0 Å². The van der Waals surface area contributed by atoms with E-state index in [1.807, 2.05) is 12.1 Å². The van der Waals surface area contributed by atoms with Crippen LogP contribution in [0.3, 0.4) is 0 Å². The lowest BCUT2D eigenvalue weighted by molar-refractivity contribution is -0.140. The summed E-state index contributed by atoms with van der Waals surface area (Å²) in [5.74, 6) is -0.565. The highest BCUT2D eigenvalue weighted by atomic mass is 16.5. The summed E-state index contributed by atoms with van der Waals surface area (Å²) >= 11 is 0. The van der Waals surface area contributed by atoms with E-state index in [0.29, 0.717) is 24.2 Å². The van der Waals surface area contributed by atoms with Crippen molar-refractivity contribution in [1.29, 1.82) is 0 Å². The highest BCUT2D eigenvalue weighted by molar-refractivity contribution is 5.89. The van der Waals surface area contributed by atoms with Gasteiger partial charge in [-0.2, -0.15) is 0 Å². The molecule has 0 unspecified atom stereocenters. The van der Waals surface area contributed by atoms with Gasteiger partial charge in [-0.3, -0.25) is 4.79 Å². The van der Waals surface area contributed by atoms with Gasteiger partial charge in [-0.05, 0) is 30.2 Å². The third kappa shape index (κ3) is 4.85. The number of benzene rings is 2. The molecule has 2 rings (SSSR count). The van der Waals surface area contributed by atoms with Gasteiger partial charge < -0.3 is 14.6 Å². The molecule has 0 radical (unpaired) electrons. The van der Waals surface area contributed by atoms with Gasteiger partial charge in [0.15, 0.2) is 0 Å². The molecule has 5 heteroatoms. The summed E-state index contributed by atoms with van der Waals surface area (Å²) < 4.78 is 10.2. The first-order valence-electron chi connectivity index (χ1n) is 7.20. The van der Waals surface area contributed by atoms with Crippen molar-refractivity contribution in [2.24, 2.45) is 0 Å². The summed E-state index contributed by atoms with van der Waals surface area (Å²) in [5, 5.41) is 9.13. The summed E-state index contributed by atoms with van der Waals surface area (Å²) in [7, 11) is 1.37. The third-order valence-electron chi connectivity index (χ3n) is 3.41. The van der Waals surface area contributed by atoms with Crippen molar-refractivity contribution >= 4 is 11.9 Å². The first kappa shape index (κ1) is 16.5. The molecule has 0 bridgehead atoms. The molecular formula is C18H18O5. The van der Waals surface area contributed by atoms with E-state index in [2.05, 4.69) is 4.74 Å². The van der Waals surface area contributed by atoms with Crippen molar-refractivity contribution in [3.63, 3.8) is 0 Å². The van der Waals surface area contributed by atoms with Gasteiger partial charge in [0, 0.05) is 12.0 Å². The van der Waals surface area contributed by atoms with Crippen molar-refractivity contribution in [2.75, 3.05) is 7.11 Å². The molecule has 0 aliphatic rings. The molecule has 0 aliphatic carbocycles. The SMILES string of the molecule is COC(=O)CCc1ccc(OCc2ccccc2C(=O)O)cc1. The maximum absolute atomic E-state index is 11.1. The fourth-order valence-electron chi connectivity index (χ4n) is 2.12. The molecule has 120 valence electrons. The number of rotatable bonds is 7. The van der Waals surface area contributed by atoms with Crippen LogP contribution >= 0.6 is 0 Å². The van der Waals surface area contributed by atoms with E-state index in [9.17, 15) is 9.59 Å². The van der Waals surface area contributed by atoms with Crippen molar-refractivity contribution in [3.05, 3.63) is 65.2 Å². The molecule has 23 heavy (non-hydrogen) atoms. The lowest BCUT2D eigenvalue weighted by Crippen LogP contribution is -2.05. The summed E-state index contributed by atoms with van der Waals surface area (Å²) in [6.45, 7) is 0.185. The monoisotopic (exact) mass is 314 g/mol. The number of carboxylic acids is 1. The fourth-order valence-corrected chi connectivity index (χ4v) is 2.12. The summed E-state index contributed by atoms with van der Waals surface area (Å²) in [5.41, 5.74) is 1.87. The fraction of sp³-hybridized carbons (Fsp3) is 0.222. The molecule has 1 N–H and O–H groups in total. The molecule has 5 nitrogen and oxygen atoms in total. The number of aryl methyl sites for hydroxylation is 1. The zero-order valence-electron chi connectivity index (χ0n) is 12.8. The van der Waals surface area contributed by atoms with Gasteiger partial charge in [-0.15, -0.1) is 0 Å². The van der Waals surface area contributed by atoms with Crippen LogP contribution in [0.5, 0.6) is 5.75 Å². The Hall–Kier alpha value is -2.82. The molecular weight excluding hydrogens is 296 g/mol. The van der Waals surface area contributed by atoms with E-state index in [1.165, 1.54) is 7.11 Å². The standard InChI is InChI=1S/C18H18O5/c1-22-17(19)11-8-13-6-9-15(10-7-13)23-12-14-4-2-3-5-16(14)18(20)21/h2-7,9-10H,8,11-12H2,1H3,(H,20,21). The minimum absolute atomic E-state index is 0.185. The predicted molar refractivity (Wildman–Crippen MR) is 84.5 cm³/mol. The molecule has 0 aliphatic heterocycles. The number of methoxy groups -OCH3 is 1.